The molecule has 0 bridgehead atoms. The highest BCUT2D eigenvalue weighted by molar-refractivity contribution is 14.1. The lowest BCUT2D eigenvalue weighted by atomic mass is 10.1. The Balaban J connectivity index is 1.58. The third-order valence-electron chi connectivity index (χ3n) is 4.14. The zero-order valence-electron chi connectivity index (χ0n) is 14.2. The third-order valence-corrected chi connectivity index (χ3v) is 4.86. The first kappa shape index (κ1) is 18.4. The summed E-state index contributed by atoms with van der Waals surface area (Å²) in [5, 5.41) is 3.99. The van der Waals surface area contributed by atoms with Crippen LogP contribution in [0.15, 0.2) is 53.6 Å². The summed E-state index contributed by atoms with van der Waals surface area (Å²) < 4.78 is 6.25. The van der Waals surface area contributed by atoms with E-state index in [9.17, 15) is 9.59 Å². The molecule has 2 aromatic carbocycles. The molecule has 1 saturated heterocycles. The second kappa shape index (κ2) is 8.31. The van der Waals surface area contributed by atoms with Gasteiger partial charge in [-0.1, -0.05) is 12.1 Å². The van der Waals surface area contributed by atoms with Crippen molar-refractivity contribution < 1.29 is 14.3 Å². The topological polar surface area (TPSA) is 71.0 Å². The van der Waals surface area contributed by atoms with Gasteiger partial charge < -0.3 is 9.64 Å². The molecule has 134 valence electrons. The summed E-state index contributed by atoms with van der Waals surface area (Å²) in [6.07, 6.45) is 1.77. The number of benzene rings is 2. The molecule has 0 aliphatic carbocycles. The quantitative estimate of drug-likeness (QED) is 0.421. The van der Waals surface area contributed by atoms with E-state index in [0.29, 0.717) is 6.54 Å². The number of nitrogens with zero attached hydrogens (tertiary/aromatic N) is 2. The Morgan fingerprint density at radius 3 is 2.58 bits per heavy atom. The average molecular weight is 463 g/mol. The predicted molar refractivity (Wildman–Crippen MR) is 108 cm³/mol. The van der Waals surface area contributed by atoms with Crippen molar-refractivity contribution in [1.29, 1.82) is 0 Å². The van der Waals surface area contributed by atoms with Gasteiger partial charge in [-0.3, -0.25) is 9.59 Å². The molecule has 0 unspecified atom stereocenters. The van der Waals surface area contributed by atoms with Crippen LogP contribution in [-0.4, -0.2) is 31.7 Å². The van der Waals surface area contributed by atoms with Gasteiger partial charge in [0.15, 0.2) is 0 Å². The Labute approximate surface area is 165 Å². The van der Waals surface area contributed by atoms with Gasteiger partial charge in [-0.05, 0) is 64.6 Å². The maximum Gasteiger partial charge on any atom is 0.245 e. The number of halogens is 1. The molecule has 1 aliphatic heterocycles. The van der Waals surface area contributed by atoms with Crippen molar-refractivity contribution in [3.63, 3.8) is 0 Å². The summed E-state index contributed by atoms with van der Waals surface area (Å²) in [7, 11) is 1.59. The van der Waals surface area contributed by atoms with Gasteiger partial charge >= 0.3 is 0 Å². The van der Waals surface area contributed by atoms with Crippen LogP contribution in [-0.2, 0) is 9.59 Å². The van der Waals surface area contributed by atoms with Crippen LogP contribution >= 0.6 is 22.6 Å². The van der Waals surface area contributed by atoms with Crippen molar-refractivity contribution in [1.82, 2.24) is 5.43 Å². The molecule has 0 aromatic heterocycles. The van der Waals surface area contributed by atoms with Gasteiger partial charge in [0.2, 0.25) is 11.8 Å². The van der Waals surface area contributed by atoms with Crippen LogP contribution in [0.25, 0.3) is 0 Å². The summed E-state index contributed by atoms with van der Waals surface area (Å²) in [6.45, 7) is 0.343. The Morgan fingerprint density at radius 2 is 1.92 bits per heavy atom. The summed E-state index contributed by atoms with van der Waals surface area (Å²) in [5.74, 6) is -0.0221. The van der Waals surface area contributed by atoms with Crippen molar-refractivity contribution in [2.45, 2.75) is 6.42 Å². The van der Waals surface area contributed by atoms with Crippen molar-refractivity contribution in [2.75, 3.05) is 18.6 Å². The number of methoxy groups -OCH3 is 1. The first-order valence-electron chi connectivity index (χ1n) is 8.09. The number of carbonyl (C=O) groups is 2. The van der Waals surface area contributed by atoms with Gasteiger partial charge in [-0.15, -0.1) is 0 Å². The zero-order valence-corrected chi connectivity index (χ0v) is 16.3. The molecule has 2 aromatic rings. The second-order valence-electron chi connectivity index (χ2n) is 5.89. The number of ether oxygens (including phenoxy) is 1. The van der Waals surface area contributed by atoms with E-state index in [-0.39, 0.29) is 18.2 Å². The fraction of sp³-hybridized carbons (Fsp3) is 0.211. The molecule has 3 rings (SSSR count). The number of hydrogen-bond donors (Lipinski definition) is 1. The Morgan fingerprint density at radius 1 is 1.23 bits per heavy atom. The molecule has 1 atom stereocenters. The lowest BCUT2D eigenvalue weighted by Gasteiger charge is -2.16. The molecule has 26 heavy (non-hydrogen) atoms. The minimum Gasteiger partial charge on any atom is -0.497 e. The maximum atomic E-state index is 12.3. The Kier molecular flexibility index (Phi) is 5.87. The third kappa shape index (κ3) is 4.40. The standard InChI is InChI=1S/C19H18IN3O3/c1-26-17-8-6-16(7-9-17)23-12-14(10-18(23)24)19(25)22-21-11-13-2-4-15(20)5-3-13/h2-9,11,14H,10,12H2,1H3,(H,22,25)/b21-11-/t14-/m0/s1. The van der Waals surface area contributed by atoms with Crippen molar-refractivity contribution in [3.05, 3.63) is 57.7 Å². The van der Waals surface area contributed by atoms with Crippen molar-refractivity contribution in [3.8, 4) is 5.75 Å². The van der Waals surface area contributed by atoms with Gasteiger partial charge in [-0.25, -0.2) is 5.43 Å². The summed E-state index contributed by atoms with van der Waals surface area (Å²) in [6, 6.07) is 15.0. The van der Waals surface area contributed by atoms with E-state index in [0.717, 1.165) is 20.6 Å². The summed E-state index contributed by atoms with van der Waals surface area (Å²) in [4.78, 5) is 26.2. The van der Waals surface area contributed by atoms with Gasteiger partial charge in [-0.2, -0.15) is 5.10 Å². The lowest BCUT2D eigenvalue weighted by molar-refractivity contribution is -0.126. The smallest absolute Gasteiger partial charge is 0.245 e. The molecular formula is C19H18IN3O3. The molecular weight excluding hydrogens is 445 g/mol. The molecule has 0 saturated carbocycles. The normalized spacial score (nSPS) is 16.9. The first-order valence-corrected chi connectivity index (χ1v) is 9.17. The molecule has 0 radical (unpaired) electrons. The zero-order chi connectivity index (χ0) is 18.5. The Hall–Kier alpha value is -2.42. The van der Waals surface area contributed by atoms with E-state index in [2.05, 4.69) is 33.1 Å². The first-order chi connectivity index (χ1) is 12.6. The van der Waals surface area contributed by atoms with Crippen LogP contribution in [0.1, 0.15) is 12.0 Å². The lowest BCUT2D eigenvalue weighted by Crippen LogP contribution is -2.30. The van der Waals surface area contributed by atoms with Crippen LogP contribution in [0.5, 0.6) is 5.75 Å². The van der Waals surface area contributed by atoms with Gasteiger partial charge in [0, 0.05) is 22.2 Å². The van der Waals surface area contributed by atoms with Crippen LogP contribution < -0.4 is 15.1 Å². The molecule has 1 fully saturated rings. The fourth-order valence-electron chi connectivity index (χ4n) is 2.71. The summed E-state index contributed by atoms with van der Waals surface area (Å²) >= 11 is 2.22. The van der Waals surface area contributed by atoms with E-state index in [1.54, 1.807) is 30.4 Å². The van der Waals surface area contributed by atoms with Gasteiger partial charge in [0.1, 0.15) is 5.75 Å². The molecule has 6 nitrogen and oxygen atoms in total. The SMILES string of the molecule is COc1ccc(N2C[C@@H](C(=O)N/N=C\c3ccc(I)cc3)CC2=O)cc1. The van der Waals surface area contributed by atoms with Crippen molar-refractivity contribution in [2.24, 2.45) is 11.0 Å². The van der Waals surface area contributed by atoms with E-state index in [1.807, 2.05) is 36.4 Å². The number of carbonyl (C=O) groups excluding carboxylic acids is 2. The van der Waals surface area contributed by atoms with Crippen LogP contribution in [0.2, 0.25) is 0 Å². The number of anilines is 1. The maximum absolute atomic E-state index is 12.3. The molecule has 1 aliphatic rings. The van der Waals surface area contributed by atoms with Crippen molar-refractivity contribution >= 4 is 46.3 Å². The second-order valence-corrected chi connectivity index (χ2v) is 7.13. The number of amides is 2. The molecule has 1 N–H and O–H groups in total. The summed E-state index contributed by atoms with van der Waals surface area (Å²) in [5.41, 5.74) is 4.18. The van der Waals surface area contributed by atoms with Crippen LogP contribution in [0, 0.1) is 9.49 Å². The molecule has 1 heterocycles. The molecule has 0 spiro atoms. The number of nitrogens with one attached hydrogen (secondary N) is 1. The highest BCUT2D eigenvalue weighted by atomic mass is 127. The van der Waals surface area contributed by atoms with E-state index in [4.69, 9.17) is 4.74 Å². The largest absolute Gasteiger partial charge is 0.497 e. The average Bonchev–Trinajstić information content (AvgIpc) is 3.05. The molecule has 2 amide bonds. The van der Waals surface area contributed by atoms with E-state index < -0.39 is 5.92 Å². The Bertz CT molecular complexity index is 819. The monoisotopic (exact) mass is 463 g/mol. The number of rotatable bonds is 5. The fourth-order valence-corrected chi connectivity index (χ4v) is 3.07. The highest BCUT2D eigenvalue weighted by Gasteiger charge is 2.35. The minimum atomic E-state index is -0.418. The molecule has 7 heteroatoms. The van der Waals surface area contributed by atoms with E-state index in [1.165, 1.54) is 0 Å². The minimum absolute atomic E-state index is 0.0723. The van der Waals surface area contributed by atoms with Crippen LogP contribution in [0.3, 0.4) is 0 Å². The number of hydrogen-bond acceptors (Lipinski definition) is 4. The number of hydrazone groups is 1. The van der Waals surface area contributed by atoms with Gasteiger partial charge in [0.25, 0.3) is 0 Å². The van der Waals surface area contributed by atoms with Gasteiger partial charge in [0.05, 0.1) is 19.2 Å². The highest BCUT2D eigenvalue weighted by Crippen LogP contribution is 2.26. The van der Waals surface area contributed by atoms with Crippen LogP contribution in [0.4, 0.5) is 5.69 Å². The predicted octanol–water partition coefficient (Wildman–Crippen LogP) is 2.80. The van der Waals surface area contributed by atoms with E-state index >= 15 is 0 Å².